The normalized spacial score (nSPS) is 12.5. The van der Waals surface area contributed by atoms with Gasteiger partial charge in [0.2, 0.25) is 0 Å². The van der Waals surface area contributed by atoms with Gasteiger partial charge in [0.25, 0.3) is 0 Å². The predicted molar refractivity (Wildman–Crippen MR) is 117 cm³/mol. The Bertz CT molecular complexity index is 1050. The van der Waals surface area contributed by atoms with Crippen LogP contribution in [0.25, 0.3) is 11.3 Å². The number of alkyl halides is 3. The van der Waals surface area contributed by atoms with Crippen molar-refractivity contribution in [3.8, 4) is 11.3 Å². The van der Waals surface area contributed by atoms with E-state index in [1.807, 2.05) is 30.3 Å². The molecule has 0 amide bonds. The van der Waals surface area contributed by atoms with Crippen LogP contribution in [-0.2, 0) is 17.6 Å². The third-order valence-electron chi connectivity index (χ3n) is 4.68. The van der Waals surface area contributed by atoms with Gasteiger partial charge >= 0.3 is 12.1 Å². The summed E-state index contributed by atoms with van der Waals surface area (Å²) in [7, 11) is 0. The van der Waals surface area contributed by atoms with E-state index in [1.165, 1.54) is 0 Å². The molecule has 164 valence electrons. The molecule has 0 spiro atoms. The molecule has 2 aromatic carbocycles. The van der Waals surface area contributed by atoms with Crippen LogP contribution in [0.5, 0.6) is 0 Å². The van der Waals surface area contributed by atoms with Crippen molar-refractivity contribution in [2.24, 2.45) is 5.92 Å². The zero-order valence-electron chi connectivity index (χ0n) is 16.5. The average Bonchev–Trinajstić information content (AvgIpc) is 3.08. The van der Waals surface area contributed by atoms with E-state index >= 15 is 0 Å². The maximum atomic E-state index is 13.1. The van der Waals surface area contributed by atoms with Crippen molar-refractivity contribution in [2.75, 3.05) is 11.9 Å². The highest BCUT2D eigenvalue weighted by Crippen LogP contribution is 2.37. The topological polar surface area (TPSA) is 62.2 Å². The Morgan fingerprint density at radius 2 is 1.94 bits per heavy atom. The highest BCUT2D eigenvalue weighted by atomic mass is 35.5. The molecule has 0 aliphatic heterocycles. The lowest BCUT2D eigenvalue weighted by Gasteiger charge is -2.13. The third kappa shape index (κ3) is 6.45. The Labute approximate surface area is 186 Å². The number of thiazole rings is 1. The van der Waals surface area contributed by atoms with Gasteiger partial charge in [0.15, 0.2) is 5.13 Å². The van der Waals surface area contributed by atoms with Crippen LogP contribution in [0.4, 0.5) is 18.3 Å². The minimum Gasteiger partial charge on any atom is -0.481 e. The van der Waals surface area contributed by atoms with Gasteiger partial charge < -0.3 is 10.4 Å². The molecule has 1 unspecified atom stereocenters. The van der Waals surface area contributed by atoms with Crippen LogP contribution in [0.15, 0.2) is 48.5 Å². The zero-order chi connectivity index (χ0) is 22.6. The summed E-state index contributed by atoms with van der Waals surface area (Å²) in [4.78, 5) is 16.0. The lowest BCUT2D eigenvalue weighted by Crippen LogP contribution is -2.25. The summed E-state index contributed by atoms with van der Waals surface area (Å²) in [5.74, 6) is -1.75. The summed E-state index contributed by atoms with van der Waals surface area (Å²) in [5, 5.41) is 13.1. The number of carbonyl (C=O) groups is 1. The van der Waals surface area contributed by atoms with E-state index < -0.39 is 24.5 Å². The van der Waals surface area contributed by atoms with Crippen molar-refractivity contribution >= 4 is 34.0 Å². The maximum absolute atomic E-state index is 13.1. The summed E-state index contributed by atoms with van der Waals surface area (Å²) in [5.41, 5.74) is 2.35. The zero-order valence-corrected chi connectivity index (χ0v) is 18.1. The number of anilines is 1. The Morgan fingerprint density at radius 1 is 1.23 bits per heavy atom. The first-order valence-electron chi connectivity index (χ1n) is 9.46. The van der Waals surface area contributed by atoms with Gasteiger partial charge in [-0.3, -0.25) is 4.79 Å². The number of aryl methyl sites for hydroxylation is 1. The summed E-state index contributed by atoms with van der Waals surface area (Å²) in [6.45, 7) is 1.84. The highest BCUT2D eigenvalue weighted by molar-refractivity contribution is 7.16. The Morgan fingerprint density at radius 3 is 2.55 bits per heavy atom. The lowest BCUT2D eigenvalue weighted by molar-refractivity contribution is -0.141. The van der Waals surface area contributed by atoms with E-state index in [0.717, 1.165) is 22.5 Å². The van der Waals surface area contributed by atoms with Crippen LogP contribution < -0.4 is 5.32 Å². The van der Waals surface area contributed by atoms with Crippen LogP contribution in [-0.4, -0.2) is 28.8 Å². The van der Waals surface area contributed by atoms with Crippen molar-refractivity contribution in [1.82, 2.24) is 4.98 Å². The first kappa shape index (κ1) is 23.1. The highest BCUT2D eigenvalue weighted by Gasteiger charge is 2.31. The fourth-order valence-corrected chi connectivity index (χ4v) is 4.25. The smallest absolute Gasteiger partial charge is 0.393 e. The number of carboxylic acid groups (broad SMARTS) is 1. The molecule has 0 aliphatic rings. The molecule has 3 aromatic rings. The van der Waals surface area contributed by atoms with Crippen molar-refractivity contribution in [1.29, 1.82) is 0 Å². The molecule has 3 rings (SSSR count). The first-order chi connectivity index (χ1) is 14.6. The minimum absolute atomic E-state index is 0.0390. The predicted octanol–water partition coefficient (Wildman–Crippen LogP) is 6.23. The summed E-state index contributed by atoms with van der Waals surface area (Å²) in [6, 6.07) is 14.1. The first-order valence-corrected chi connectivity index (χ1v) is 10.7. The average molecular weight is 469 g/mol. The molecule has 0 saturated heterocycles. The Balaban J connectivity index is 1.83. The molecule has 0 aliphatic carbocycles. The summed E-state index contributed by atoms with van der Waals surface area (Å²) < 4.78 is 39.3. The molecule has 4 nitrogen and oxygen atoms in total. The van der Waals surface area contributed by atoms with E-state index in [1.54, 1.807) is 25.1 Å². The molecule has 1 aromatic heterocycles. The van der Waals surface area contributed by atoms with E-state index in [0.29, 0.717) is 17.0 Å². The maximum Gasteiger partial charge on any atom is 0.393 e. The van der Waals surface area contributed by atoms with E-state index in [-0.39, 0.29) is 22.2 Å². The fraction of sp³-hybridized carbons (Fsp3) is 0.273. The summed E-state index contributed by atoms with van der Waals surface area (Å²) in [6.07, 6.45) is -5.23. The van der Waals surface area contributed by atoms with Crippen LogP contribution in [0.3, 0.4) is 0 Å². The second-order valence-corrected chi connectivity index (χ2v) is 8.64. The third-order valence-corrected chi connectivity index (χ3v) is 6.10. The van der Waals surface area contributed by atoms with Crippen molar-refractivity contribution in [3.05, 3.63) is 69.6 Å². The number of hydrogen-bond acceptors (Lipinski definition) is 4. The molecule has 2 N–H and O–H groups in total. The lowest BCUT2D eigenvalue weighted by atomic mass is 9.99. The number of aromatic nitrogens is 1. The molecule has 31 heavy (non-hydrogen) atoms. The van der Waals surface area contributed by atoms with Crippen LogP contribution in [0.1, 0.15) is 16.0 Å². The second kappa shape index (κ2) is 9.70. The van der Waals surface area contributed by atoms with Gasteiger partial charge in [0.05, 0.1) is 18.0 Å². The number of nitrogens with one attached hydrogen (secondary N) is 1. The van der Waals surface area contributed by atoms with Gasteiger partial charge in [-0.25, -0.2) is 4.98 Å². The van der Waals surface area contributed by atoms with Crippen molar-refractivity contribution < 1.29 is 23.1 Å². The molecule has 0 radical (unpaired) electrons. The largest absolute Gasteiger partial charge is 0.481 e. The number of halogens is 4. The molecular formula is C22H20ClF3N2O2S. The minimum atomic E-state index is -4.40. The Kier molecular flexibility index (Phi) is 7.23. The number of nitrogens with zero attached hydrogens (tertiary/aromatic N) is 1. The molecule has 0 bridgehead atoms. The van der Waals surface area contributed by atoms with Gasteiger partial charge in [0, 0.05) is 22.0 Å². The molecule has 1 atom stereocenters. The quantitative estimate of drug-likeness (QED) is 0.411. The number of rotatable bonds is 8. The monoisotopic (exact) mass is 468 g/mol. The molecular weight excluding hydrogens is 449 g/mol. The SMILES string of the molecule is Cc1ccc(-c2nc(NCC(Cc3ccccc3)C(=O)O)sc2CC(F)(F)F)cc1Cl. The van der Waals surface area contributed by atoms with Gasteiger partial charge in [-0.1, -0.05) is 54.1 Å². The van der Waals surface area contributed by atoms with Gasteiger partial charge in [-0.05, 0) is 30.5 Å². The van der Waals surface area contributed by atoms with E-state index in [4.69, 9.17) is 11.6 Å². The molecule has 0 fully saturated rings. The van der Waals surface area contributed by atoms with E-state index in [9.17, 15) is 23.1 Å². The number of hydrogen-bond donors (Lipinski definition) is 2. The number of carboxylic acids is 1. The Hall–Kier alpha value is -2.58. The van der Waals surface area contributed by atoms with Crippen molar-refractivity contribution in [3.63, 3.8) is 0 Å². The fourth-order valence-electron chi connectivity index (χ4n) is 3.05. The van der Waals surface area contributed by atoms with Crippen LogP contribution >= 0.6 is 22.9 Å². The van der Waals surface area contributed by atoms with Gasteiger partial charge in [-0.15, -0.1) is 11.3 Å². The molecule has 9 heteroatoms. The molecule has 1 heterocycles. The second-order valence-electron chi connectivity index (χ2n) is 7.15. The standard InChI is InChI=1S/C22H20ClF3N2O2S/c1-13-7-8-15(10-17(13)23)19-18(11-22(24,25)26)31-21(28-19)27-12-16(20(29)30)9-14-5-3-2-4-6-14/h2-8,10,16H,9,11-12H2,1H3,(H,27,28)(H,29,30). The van der Waals surface area contributed by atoms with E-state index in [2.05, 4.69) is 10.3 Å². The number of benzene rings is 2. The van der Waals surface area contributed by atoms with Crippen LogP contribution in [0, 0.1) is 12.8 Å². The van der Waals surface area contributed by atoms with Crippen LogP contribution in [0.2, 0.25) is 5.02 Å². The number of aliphatic carboxylic acids is 1. The molecule has 0 saturated carbocycles. The summed E-state index contributed by atoms with van der Waals surface area (Å²) >= 11 is 7.02. The van der Waals surface area contributed by atoms with Gasteiger partial charge in [-0.2, -0.15) is 13.2 Å². The van der Waals surface area contributed by atoms with Crippen molar-refractivity contribution in [2.45, 2.75) is 25.9 Å². The van der Waals surface area contributed by atoms with Gasteiger partial charge in [0.1, 0.15) is 0 Å².